The lowest BCUT2D eigenvalue weighted by atomic mass is 9.97. The Morgan fingerprint density at radius 3 is 2.51 bits per heavy atom. The molecule has 1 fully saturated rings. The number of rotatable bonds is 8. The SMILES string of the molecule is CC.NS(=O)c1ccc(Cc2c(-c3ccc(F)cc3)nn(-c3nc(C(=O)O)cs3)c2CC2CC2)cc1Cl. The van der Waals surface area contributed by atoms with Crippen molar-refractivity contribution >= 4 is 39.9 Å². The third-order valence-electron chi connectivity index (χ3n) is 5.87. The van der Waals surface area contributed by atoms with Gasteiger partial charge in [0.25, 0.3) is 0 Å². The standard InChI is InChI=1S/C24H20ClFN4O3S2.C2H6/c25-18-10-14(3-8-21(18)35(27)33)9-17-20(11-13-1-2-13)30(24-28-19(12-34-24)23(31)32)29-22(17)15-4-6-16(26)7-5-15;1-2/h3-8,10,12-13H,1-2,9,11,27H2,(H,31,32);1-2H3. The number of thiazole rings is 1. The van der Waals surface area contributed by atoms with Gasteiger partial charge in [-0.15, -0.1) is 11.3 Å². The molecule has 1 atom stereocenters. The second-order valence-electron chi connectivity index (χ2n) is 8.40. The molecule has 4 aromatic rings. The van der Waals surface area contributed by atoms with Gasteiger partial charge in [-0.3, -0.25) is 0 Å². The molecule has 0 bridgehead atoms. The molecule has 0 aliphatic heterocycles. The average Bonchev–Trinajstić information content (AvgIpc) is 3.43. The molecule has 194 valence electrons. The number of hydrogen-bond donors (Lipinski definition) is 2. The van der Waals surface area contributed by atoms with Crippen LogP contribution in [0.1, 0.15) is 54.0 Å². The molecular formula is C26H26ClFN4O3S2. The van der Waals surface area contributed by atoms with Crippen LogP contribution in [0, 0.1) is 11.7 Å². The molecule has 7 nitrogen and oxygen atoms in total. The van der Waals surface area contributed by atoms with Gasteiger partial charge in [0.2, 0.25) is 5.13 Å². The Hall–Kier alpha value is -2.92. The Morgan fingerprint density at radius 2 is 1.95 bits per heavy atom. The predicted octanol–water partition coefficient (Wildman–Crippen LogP) is 6.04. The number of nitrogens with two attached hydrogens (primary N) is 1. The van der Waals surface area contributed by atoms with Crippen molar-refractivity contribution in [1.29, 1.82) is 0 Å². The van der Waals surface area contributed by atoms with Crippen LogP contribution in [0.25, 0.3) is 16.4 Å². The molecule has 0 amide bonds. The van der Waals surface area contributed by atoms with E-state index >= 15 is 0 Å². The lowest BCUT2D eigenvalue weighted by Crippen LogP contribution is -2.06. The van der Waals surface area contributed by atoms with Crippen LogP contribution in [-0.2, 0) is 23.8 Å². The van der Waals surface area contributed by atoms with Gasteiger partial charge in [0, 0.05) is 22.9 Å². The number of carboxylic acid groups (broad SMARTS) is 1. The van der Waals surface area contributed by atoms with Crippen molar-refractivity contribution in [2.24, 2.45) is 11.1 Å². The summed E-state index contributed by atoms with van der Waals surface area (Å²) in [6.45, 7) is 4.00. The molecular weight excluding hydrogens is 535 g/mol. The Morgan fingerprint density at radius 1 is 1.24 bits per heavy atom. The fraction of sp³-hybridized carbons (Fsp3) is 0.269. The molecule has 11 heteroatoms. The molecule has 37 heavy (non-hydrogen) atoms. The molecule has 0 radical (unpaired) electrons. The molecule has 5 rings (SSSR count). The van der Waals surface area contributed by atoms with Crippen molar-refractivity contribution in [1.82, 2.24) is 14.8 Å². The zero-order valence-corrected chi connectivity index (χ0v) is 22.7. The van der Waals surface area contributed by atoms with Gasteiger partial charge in [-0.2, -0.15) is 5.10 Å². The largest absolute Gasteiger partial charge is 0.476 e. The van der Waals surface area contributed by atoms with Gasteiger partial charge in [-0.05, 0) is 67.1 Å². The quantitative estimate of drug-likeness (QED) is 0.273. The highest BCUT2D eigenvalue weighted by Crippen LogP contribution is 2.38. The van der Waals surface area contributed by atoms with Crippen molar-refractivity contribution in [3.8, 4) is 16.4 Å². The summed E-state index contributed by atoms with van der Waals surface area (Å²) in [6, 6.07) is 11.3. The van der Waals surface area contributed by atoms with Crippen LogP contribution in [0.4, 0.5) is 4.39 Å². The fourth-order valence-electron chi connectivity index (χ4n) is 3.96. The third-order valence-corrected chi connectivity index (χ3v) is 7.90. The number of halogens is 2. The average molecular weight is 561 g/mol. The fourth-order valence-corrected chi connectivity index (χ4v) is 5.61. The number of hydrogen-bond acceptors (Lipinski definition) is 5. The van der Waals surface area contributed by atoms with E-state index in [1.807, 2.05) is 19.9 Å². The van der Waals surface area contributed by atoms with Gasteiger partial charge in [-0.1, -0.05) is 31.5 Å². The summed E-state index contributed by atoms with van der Waals surface area (Å²) < 4.78 is 27.1. The molecule has 1 aliphatic carbocycles. The smallest absolute Gasteiger partial charge is 0.355 e. The van der Waals surface area contributed by atoms with Gasteiger partial charge < -0.3 is 5.11 Å². The van der Waals surface area contributed by atoms with E-state index in [9.17, 15) is 18.5 Å². The van der Waals surface area contributed by atoms with Gasteiger partial charge in [0.05, 0.1) is 21.3 Å². The number of aromatic carboxylic acids is 1. The summed E-state index contributed by atoms with van der Waals surface area (Å²) in [5, 5.41) is 22.0. The highest BCUT2D eigenvalue weighted by molar-refractivity contribution is 7.82. The van der Waals surface area contributed by atoms with Gasteiger partial charge in [0.15, 0.2) is 5.69 Å². The summed E-state index contributed by atoms with van der Waals surface area (Å²) in [6.07, 6.45) is 3.43. The first kappa shape index (κ1) is 27.1. The lowest BCUT2D eigenvalue weighted by Gasteiger charge is -2.10. The number of aromatic nitrogens is 3. The second kappa shape index (κ2) is 11.6. The minimum Gasteiger partial charge on any atom is -0.476 e. The van der Waals surface area contributed by atoms with Crippen LogP contribution in [0.2, 0.25) is 5.02 Å². The normalized spacial score (nSPS) is 13.6. The summed E-state index contributed by atoms with van der Waals surface area (Å²) in [7, 11) is -1.70. The maximum atomic E-state index is 13.7. The summed E-state index contributed by atoms with van der Waals surface area (Å²) >= 11 is 7.54. The van der Waals surface area contributed by atoms with Gasteiger partial charge in [-0.25, -0.2) is 28.2 Å². The van der Waals surface area contributed by atoms with E-state index in [-0.39, 0.29) is 11.5 Å². The van der Waals surface area contributed by atoms with Crippen LogP contribution in [0.15, 0.2) is 52.7 Å². The zero-order valence-electron chi connectivity index (χ0n) is 20.3. The number of benzene rings is 2. The molecule has 2 aromatic carbocycles. The Balaban J connectivity index is 0.00000156. The van der Waals surface area contributed by atoms with Crippen molar-refractivity contribution in [2.45, 2.75) is 44.4 Å². The van der Waals surface area contributed by atoms with Gasteiger partial charge in [0.1, 0.15) is 16.8 Å². The highest BCUT2D eigenvalue weighted by atomic mass is 35.5. The van der Waals surface area contributed by atoms with E-state index in [0.29, 0.717) is 33.1 Å². The van der Waals surface area contributed by atoms with E-state index in [4.69, 9.17) is 21.8 Å². The van der Waals surface area contributed by atoms with Crippen molar-refractivity contribution in [3.63, 3.8) is 0 Å². The number of nitrogens with zero attached hydrogens (tertiary/aromatic N) is 3. The van der Waals surface area contributed by atoms with Crippen LogP contribution >= 0.6 is 22.9 Å². The van der Waals surface area contributed by atoms with E-state index < -0.39 is 17.0 Å². The maximum Gasteiger partial charge on any atom is 0.355 e. The van der Waals surface area contributed by atoms with E-state index in [2.05, 4.69) is 4.98 Å². The van der Waals surface area contributed by atoms with Crippen LogP contribution in [0.5, 0.6) is 0 Å². The summed E-state index contributed by atoms with van der Waals surface area (Å²) in [5.41, 5.74) is 4.08. The molecule has 1 unspecified atom stereocenters. The van der Waals surface area contributed by atoms with E-state index in [0.717, 1.165) is 41.6 Å². The third kappa shape index (κ3) is 6.15. The maximum absolute atomic E-state index is 13.7. The molecule has 2 aromatic heterocycles. The van der Waals surface area contributed by atoms with Crippen molar-refractivity contribution in [3.05, 3.63) is 81.2 Å². The van der Waals surface area contributed by atoms with E-state index in [1.54, 1.807) is 28.9 Å². The lowest BCUT2D eigenvalue weighted by molar-refractivity contribution is 0.0691. The second-order valence-corrected chi connectivity index (χ2v) is 10.7. The monoisotopic (exact) mass is 560 g/mol. The molecule has 0 saturated heterocycles. The zero-order chi connectivity index (χ0) is 26.7. The first-order valence-corrected chi connectivity index (χ1v) is 14.3. The molecule has 0 spiro atoms. The Bertz CT molecular complexity index is 1450. The minimum atomic E-state index is -1.70. The minimum absolute atomic E-state index is 0.0418. The molecule has 3 N–H and O–H groups in total. The van der Waals surface area contributed by atoms with Crippen LogP contribution in [0.3, 0.4) is 0 Å². The molecule has 1 aliphatic rings. The summed E-state index contributed by atoms with van der Waals surface area (Å²) in [4.78, 5) is 16.1. The highest BCUT2D eigenvalue weighted by Gasteiger charge is 2.29. The Kier molecular flexibility index (Phi) is 8.53. The van der Waals surface area contributed by atoms with Crippen LogP contribution < -0.4 is 5.14 Å². The first-order chi connectivity index (χ1) is 17.8. The van der Waals surface area contributed by atoms with Crippen LogP contribution in [-0.4, -0.2) is 30.0 Å². The molecule has 2 heterocycles. The van der Waals surface area contributed by atoms with Crippen molar-refractivity contribution < 1.29 is 18.5 Å². The predicted molar refractivity (Wildman–Crippen MR) is 144 cm³/mol. The topological polar surface area (TPSA) is 111 Å². The summed E-state index contributed by atoms with van der Waals surface area (Å²) in [5.74, 6) is -0.944. The number of carbonyl (C=O) groups is 1. The van der Waals surface area contributed by atoms with Crippen molar-refractivity contribution in [2.75, 3.05) is 0 Å². The number of carboxylic acids is 1. The first-order valence-electron chi connectivity index (χ1n) is 11.8. The Labute approximate surface area is 225 Å². The van der Waals surface area contributed by atoms with E-state index in [1.165, 1.54) is 28.8 Å². The van der Waals surface area contributed by atoms with Gasteiger partial charge >= 0.3 is 5.97 Å². The molecule has 1 saturated carbocycles.